The van der Waals surface area contributed by atoms with Gasteiger partial charge in [-0.05, 0) is 0 Å². The third kappa shape index (κ3) is 5.01. The zero-order chi connectivity index (χ0) is 7.98. The normalized spacial score (nSPS) is 13.4. The molecule has 0 heterocycles. The number of nitrogens with zero attached hydrogens (tertiary/aromatic N) is 1. The molecule has 10 heavy (non-hydrogen) atoms. The van der Waals surface area contributed by atoms with Crippen molar-refractivity contribution < 1.29 is 15.0 Å². The van der Waals surface area contributed by atoms with E-state index in [2.05, 4.69) is 10.8 Å². The van der Waals surface area contributed by atoms with Gasteiger partial charge in [-0.15, -0.1) is 0 Å². The molecule has 0 aromatic carbocycles. The van der Waals surface area contributed by atoms with E-state index in [0.29, 0.717) is 0 Å². The molecule has 0 radical (unpaired) electrons. The number of carbonyl (C=O) groups is 1. The average Bonchev–Trinajstić information content (AvgIpc) is 1.87. The summed E-state index contributed by atoms with van der Waals surface area (Å²) >= 11 is 0. The Labute approximate surface area is 57.3 Å². The molecule has 0 fully saturated rings. The number of hydrazone groups is 1. The van der Waals surface area contributed by atoms with Gasteiger partial charge in [0.05, 0.1) is 12.8 Å². The van der Waals surface area contributed by atoms with Crippen LogP contribution in [0.3, 0.4) is 0 Å². The first-order chi connectivity index (χ1) is 4.66. The number of nitrogens with two attached hydrogens (primary N) is 1. The van der Waals surface area contributed by atoms with Crippen molar-refractivity contribution in [1.29, 1.82) is 0 Å². The molecule has 0 aromatic heterocycles. The molecule has 0 saturated heterocycles. The molecular weight excluding hydrogens is 138 g/mol. The van der Waals surface area contributed by atoms with Crippen LogP contribution in [0, 0.1) is 0 Å². The highest BCUT2D eigenvalue weighted by molar-refractivity contribution is 5.73. The van der Waals surface area contributed by atoms with E-state index >= 15 is 0 Å². The van der Waals surface area contributed by atoms with Crippen LogP contribution in [0.4, 0.5) is 4.79 Å². The van der Waals surface area contributed by atoms with Crippen molar-refractivity contribution in [3.8, 4) is 0 Å². The number of aliphatic hydroxyl groups excluding tert-OH is 2. The Kier molecular flexibility index (Phi) is 4.17. The minimum atomic E-state index is -1.06. The SMILES string of the molecule is NC(=O)N/N=C/C(O)CO. The Morgan fingerprint density at radius 2 is 2.50 bits per heavy atom. The lowest BCUT2D eigenvalue weighted by Crippen LogP contribution is -2.26. The van der Waals surface area contributed by atoms with E-state index in [9.17, 15) is 4.79 Å². The lowest BCUT2D eigenvalue weighted by Gasteiger charge is -1.96. The number of urea groups is 1. The second kappa shape index (κ2) is 4.71. The minimum absolute atomic E-state index is 0.441. The van der Waals surface area contributed by atoms with Crippen molar-refractivity contribution in [2.75, 3.05) is 6.61 Å². The molecular formula is C4H9N3O3. The zero-order valence-corrected chi connectivity index (χ0v) is 5.19. The molecule has 2 amide bonds. The summed E-state index contributed by atoms with van der Waals surface area (Å²) in [7, 11) is 0. The van der Waals surface area contributed by atoms with Crippen LogP contribution in [0.5, 0.6) is 0 Å². The molecule has 0 bridgehead atoms. The molecule has 0 spiro atoms. The fourth-order valence-electron chi connectivity index (χ4n) is 0.234. The molecule has 0 aromatic rings. The highest BCUT2D eigenvalue weighted by atomic mass is 16.3. The quantitative estimate of drug-likeness (QED) is 0.273. The Balaban J connectivity index is 3.45. The van der Waals surface area contributed by atoms with Crippen LogP contribution in [0.2, 0.25) is 0 Å². The number of hydrogen-bond donors (Lipinski definition) is 4. The molecule has 0 aliphatic carbocycles. The topological polar surface area (TPSA) is 108 Å². The monoisotopic (exact) mass is 147 g/mol. The summed E-state index contributed by atoms with van der Waals surface area (Å²) in [5.41, 5.74) is 6.46. The van der Waals surface area contributed by atoms with E-state index in [4.69, 9.17) is 10.2 Å². The second-order valence-electron chi connectivity index (χ2n) is 1.50. The highest BCUT2D eigenvalue weighted by Crippen LogP contribution is 1.71. The Morgan fingerprint density at radius 1 is 1.90 bits per heavy atom. The van der Waals surface area contributed by atoms with E-state index in [-0.39, 0.29) is 0 Å². The Morgan fingerprint density at radius 3 is 2.90 bits per heavy atom. The number of amides is 2. The number of rotatable bonds is 3. The summed E-state index contributed by atoms with van der Waals surface area (Å²) < 4.78 is 0. The van der Waals surface area contributed by atoms with Crippen LogP contribution in [0.1, 0.15) is 0 Å². The first-order valence-electron chi connectivity index (χ1n) is 2.54. The maximum Gasteiger partial charge on any atom is 0.332 e. The molecule has 0 saturated carbocycles. The van der Waals surface area contributed by atoms with Gasteiger partial charge in [-0.3, -0.25) is 0 Å². The molecule has 6 nitrogen and oxygen atoms in total. The van der Waals surface area contributed by atoms with Crippen LogP contribution in [0.25, 0.3) is 0 Å². The van der Waals surface area contributed by atoms with Crippen molar-refractivity contribution >= 4 is 12.2 Å². The largest absolute Gasteiger partial charge is 0.393 e. The maximum absolute atomic E-state index is 9.92. The molecule has 6 heteroatoms. The lowest BCUT2D eigenvalue weighted by atomic mass is 10.4. The van der Waals surface area contributed by atoms with Gasteiger partial charge < -0.3 is 15.9 Å². The predicted octanol–water partition coefficient (Wildman–Crippen LogP) is -2.01. The van der Waals surface area contributed by atoms with Gasteiger partial charge in [0.25, 0.3) is 0 Å². The van der Waals surface area contributed by atoms with E-state index in [1.54, 1.807) is 0 Å². The smallest absolute Gasteiger partial charge is 0.332 e. The van der Waals surface area contributed by atoms with Gasteiger partial charge >= 0.3 is 6.03 Å². The Hall–Kier alpha value is -1.14. The van der Waals surface area contributed by atoms with Crippen molar-refractivity contribution in [1.82, 2.24) is 5.43 Å². The Bertz CT molecular complexity index is 136. The van der Waals surface area contributed by atoms with Gasteiger partial charge in [-0.25, -0.2) is 10.2 Å². The summed E-state index contributed by atoms with van der Waals surface area (Å²) in [5, 5.41) is 20.0. The van der Waals surface area contributed by atoms with E-state index in [0.717, 1.165) is 6.21 Å². The van der Waals surface area contributed by atoms with Crippen molar-refractivity contribution in [2.24, 2.45) is 10.8 Å². The minimum Gasteiger partial charge on any atom is -0.393 e. The van der Waals surface area contributed by atoms with Crippen LogP contribution >= 0.6 is 0 Å². The molecule has 0 aliphatic rings. The fraction of sp³-hybridized carbons (Fsp3) is 0.500. The summed E-state index contributed by atoms with van der Waals surface area (Å²) in [6.07, 6.45) is -0.100. The standard InChI is InChI=1S/C4H9N3O3/c5-4(10)7-6-1-3(9)2-8/h1,3,8-9H,2H2,(H3,5,7,10)/b6-1+. The predicted molar refractivity (Wildman–Crippen MR) is 34.3 cm³/mol. The van der Waals surface area contributed by atoms with Crippen molar-refractivity contribution in [3.05, 3.63) is 0 Å². The number of aliphatic hydroxyl groups is 2. The van der Waals surface area contributed by atoms with Crippen LogP contribution in [-0.2, 0) is 0 Å². The van der Waals surface area contributed by atoms with Crippen LogP contribution in [-0.4, -0.2) is 35.2 Å². The van der Waals surface area contributed by atoms with E-state index in [1.807, 2.05) is 5.43 Å². The number of carbonyl (C=O) groups excluding carboxylic acids is 1. The van der Waals surface area contributed by atoms with E-state index < -0.39 is 18.7 Å². The molecule has 5 N–H and O–H groups in total. The summed E-state index contributed by atoms with van der Waals surface area (Å²) in [4.78, 5) is 9.92. The van der Waals surface area contributed by atoms with Crippen molar-refractivity contribution in [2.45, 2.75) is 6.10 Å². The summed E-state index contributed by atoms with van der Waals surface area (Å²) in [6.45, 7) is -0.441. The van der Waals surface area contributed by atoms with Gasteiger partial charge in [0, 0.05) is 0 Å². The first-order valence-corrected chi connectivity index (χ1v) is 2.54. The van der Waals surface area contributed by atoms with Gasteiger partial charge in [0.2, 0.25) is 0 Å². The molecule has 58 valence electrons. The van der Waals surface area contributed by atoms with Gasteiger partial charge in [-0.1, -0.05) is 0 Å². The van der Waals surface area contributed by atoms with Crippen LogP contribution in [0.15, 0.2) is 5.10 Å². The third-order valence-corrected chi connectivity index (χ3v) is 0.608. The third-order valence-electron chi connectivity index (χ3n) is 0.608. The zero-order valence-electron chi connectivity index (χ0n) is 5.19. The molecule has 0 rings (SSSR count). The first kappa shape index (κ1) is 8.86. The second-order valence-corrected chi connectivity index (χ2v) is 1.50. The maximum atomic E-state index is 9.92. The number of primary amides is 1. The molecule has 0 aliphatic heterocycles. The fourth-order valence-corrected chi connectivity index (χ4v) is 0.234. The number of nitrogens with one attached hydrogen (secondary N) is 1. The summed E-state index contributed by atoms with van der Waals surface area (Å²) in [6, 6.07) is -0.818. The molecule has 1 atom stereocenters. The lowest BCUT2D eigenvalue weighted by molar-refractivity contribution is 0.147. The van der Waals surface area contributed by atoms with E-state index in [1.165, 1.54) is 0 Å². The van der Waals surface area contributed by atoms with Gasteiger partial charge in [0.1, 0.15) is 6.10 Å². The van der Waals surface area contributed by atoms with Crippen LogP contribution < -0.4 is 11.2 Å². The average molecular weight is 147 g/mol. The highest BCUT2D eigenvalue weighted by Gasteiger charge is 1.94. The van der Waals surface area contributed by atoms with Gasteiger partial charge in [-0.2, -0.15) is 5.10 Å². The molecule has 1 unspecified atom stereocenters. The van der Waals surface area contributed by atoms with Crippen molar-refractivity contribution in [3.63, 3.8) is 0 Å². The van der Waals surface area contributed by atoms with Gasteiger partial charge in [0.15, 0.2) is 0 Å². The summed E-state index contributed by atoms with van der Waals surface area (Å²) in [5.74, 6) is 0. The number of hydrogen-bond acceptors (Lipinski definition) is 4.